The molecule has 0 aliphatic rings. The van der Waals surface area contributed by atoms with Gasteiger partial charge < -0.3 is 0 Å². The van der Waals surface area contributed by atoms with Crippen molar-refractivity contribution in [1.82, 2.24) is 0 Å². The zero-order valence-electron chi connectivity index (χ0n) is 8.02. The largest absolute Gasteiger partial charge is 0.394 e. The Hall–Kier alpha value is 0.160. The summed E-state index contributed by atoms with van der Waals surface area (Å²) in [7, 11) is -8.81. The van der Waals surface area contributed by atoms with Crippen LogP contribution in [-0.4, -0.2) is 46.9 Å². The zero-order chi connectivity index (χ0) is 13.0. The predicted molar refractivity (Wildman–Crippen MR) is 54.4 cm³/mol. The summed E-state index contributed by atoms with van der Waals surface area (Å²) in [4.78, 5) is 0. The van der Waals surface area contributed by atoms with Crippen LogP contribution in [0, 0.1) is 0 Å². The van der Waals surface area contributed by atoms with Crippen LogP contribution in [0.1, 0.15) is 0 Å². The Morgan fingerprint density at radius 1 is 1.25 bits per heavy atom. The predicted octanol–water partition coefficient (Wildman–Crippen LogP) is 0.297. The molecule has 0 aromatic heterocycles. The van der Waals surface area contributed by atoms with Gasteiger partial charge >= 0.3 is 15.4 Å². The number of hydrogen-bond donors (Lipinski definition) is 0. The normalized spacial score (nSPS) is 14.0. The molecule has 0 aliphatic heterocycles. The minimum Gasteiger partial charge on any atom is -0.269 e. The van der Waals surface area contributed by atoms with Crippen molar-refractivity contribution in [2.24, 2.45) is 0 Å². The maximum Gasteiger partial charge on any atom is 0.394 e. The second kappa shape index (κ2) is 5.67. The van der Waals surface area contributed by atoms with Crippen molar-refractivity contribution in [3.8, 4) is 0 Å². The molecule has 0 aromatic carbocycles. The molecule has 0 saturated carbocycles. The molecule has 0 rings (SSSR count). The quantitative estimate of drug-likeness (QED) is 0.486. The van der Waals surface area contributed by atoms with Gasteiger partial charge in [0.1, 0.15) is 6.61 Å². The molecule has 0 aromatic rings. The molecule has 0 spiro atoms. The van der Waals surface area contributed by atoms with E-state index in [1.165, 1.54) is 0 Å². The molecule has 0 saturated heterocycles. The Bertz CT molecular complexity index is 416. The molecule has 0 N–H and O–H groups in total. The molecule has 11 heteroatoms. The summed E-state index contributed by atoms with van der Waals surface area (Å²) in [5, 5.41) is -4.43. The molecule has 0 heterocycles. The monoisotopic (exact) mass is 346 g/mol. The van der Waals surface area contributed by atoms with Crippen molar-refractivity contribution in [3.05, 3.63) is 0 Å². The summed E-state index contributed by atoms with van der Waals surface area (Å²) in [5.74, 6) is -0.546. The molecular formula is C5H9BrF2O6S2. The number of rotatable bonds is 7. The van der Waals surface area contributed by atoms with Gasteiger partial charge in [0.15, 0.2) is 0 Å². The smallest absolute Gasteiger partial charge is 0.269 e. The summed E-state index contributed by atoms with van der Waals surface area (Å²) in [6, 6.07) is 0. The second-order valence-corrected chi connectivity index (χ2v) is 6.86. The van der Waals surface area contributed by atoms with E-state index in [1.807, 2.05) is 0 Å². The van der Waals surface area contributed by atoms with Crippen LogP contribution in [0.4, 0.5) is 8.78 Å². The first-order valence-corrected chi connectivity index (χ1v) is 7.80. The lowest BCUT2D eigenvalue weighted by atomic mass is 10.8. The van der Waals surface area contributed by atoms with Crippen LogP contribution >= 0.6 is 15.9 Å². The zero-order valence-corrected chi connectivity index (χ0v) is 11.2. The first kappa shape index (κ1) is 16.2. The van der Waals surface area contributed by atoms with Crippen LogP contribution in [0.25, 0.3) is 0 Å². The van der Waals surface area contributed by atoms with Gasteiger partial charge in [-0.3, -0.25) is 8.37 Å². The van der Waals surface area contributed by atoms with Crippen molar-refractivity contribution in [1.29, 1.82) is 0 Å². The molecule has 0 aliphatic carbocycles. The standard InChI is InChI=1S/C5H9BrF2O6S2/c1-13-16(11,12)5(7,8)4-14-15(9,10)3-2-6/h2-4H2,1H3. The molecule has 16 heavy (non-hydrogen) atoms. The fraction of sp³-hybridized carbons (Fsp3) is 1.00. The average molecular weight is 347 g/mol. The Labute approximate surface area is 100 Å². The van der Waals surface area contributed by atoms with Crippen molar-refractivity contribution < 1.29 is 34.0 Å². The third-order valence-electron chi connectivity index (χ3n) is 1.32. The van der Waals surface area contributed by atoms with Gasteiger partial charge in [-0.2, -0.15) is 25.6 Å². The average Bonchev–Trinajstić information content (AvgIpc) is 2.15. The highest BCUT2D eigenvalue weighted by Crippen LogP contribution is 2.23. The summed E-state index contributed by atoms with van der Waals surface area (Å²) >= 11 is 2.77. The number of alkyl halides is 3. The van der Waals surface area contributed by atoms with Crippen molar-refractivity contribution >= 4 is 36.2 Å². The van der Waals surface area contributed by atoms with E-state index in [9.17, 15) is 25.6 Å². The first-order valence-electron chi connectivity index (χ1n) is 3.69. The van der Waals surface area contributed by atoms with Gasteiger partial charge in [0, 0.05) is 5.33 Å². The van der Waals surface area contributed by atoms with Gasteiger partial charge in [0.05, 0.1) is 12.9 Å². The van der Waals surface area contributed by atoms with Crippen LogP contribution in [0.15, 0.2) is 0 Å². The van der Waals surface area contributed by atoms with E-state index in [4.69, 9.17) is 0 Å². The number of hydrogen-bond acceptors (Lipinski definition) is 6. The minimum atomic E-state index is -5.17. The molecule has 6 nitrogen and oxygen atoms in total. The van der Waals surface area contributed by atoms with Gasteiger partial charge in [-0.1, -0.05) is 15.9 Å². The molecule has 98 valence electrons. The third kappa shape index (κ3) is 4.57. The van der Waals surface area contributed by atoms with E-state index >= 15 is 0 Å². The Kier molecular flexibility index (Phi) is 5.72. The summed E-state index contributed by atoms with van der Waals surface area (Å²) < 4.78 is 76.2. The Morgan fingerprint density at radius 3 is 2.12 bits per heavy atom. The van der Waals surface area contributed by atoms with Gasteiger partial charge in [-0.15, -0.1) is 0 Å². The lowest BCUT2D eigenvalue weighted by Crippen LogP contribution is -2.36. The van der Waals surface area contributed by atoms with Gasteiger partial charge in [0.25, 0.3) is 10.1 Å². The van der Waals surface area contributed by atoms with E-state index in [0.717, 1.165) is 0 Å². The van der Waals surface area contributed by atoms with Crippen LogP contribution in [0.5, 0.6) is 0 Å². The Morgan fingerprint density at radius 2 is 1.75 bits per heavy atom. The van der Waals surface area contributed by atoms with E-state index in [2.05, 4.69) is 24.3 Å². The van der Waals surface area contributed by atoms with Crippen LogP contribution in [0.3, 0.4) is 0 Å². The lowest BCUT2D eigenvalue weighted by molar-refractivity contribution is 0.0290. The topological polar surface area (TPSA) is 86.7 Å². The first-order chi connectivity index (χ1) is 7.08. The maximum atomic E-state index is 12.9. The van der Waals surface area contributed by atoms with Crippen LogP contribution in [0.2, 0.25) is 0 Å². The highest BCUT2D eigenvalue weighted by Gasteiger charge is 2.47. The SMILES string of the molecule is COS(=O)(=O)C(F)(F)COS(=O)(=O)CCBr. The fourth-order valence-electron chi connectivity index (χ4n) is 0.506. The highest BCUT2D eigenvalue weighted by molar-refractivity contribution is 9.09. The molecule has 0 fully saturated rings. The minimum absolute atomic E-state index is 0.0159. The van der Waals surface area contributed by atoms with Gasteiger partial charge in [-0.05, 0) is 0 Å². The van der Waals surface area contributed by atoms with Crippen LogP contribution < -0.4 is 0 Å². The maximum absolute atomic E-state index is 12.9. The molecular weight excluding hydrogens is 338 g/mol. The summed E-state index contributed by atoms with van der Waals surface area (Å²) in [6.07, 6.45) is 0. The number of halogens is 3. The van der Waals surface area contributed by atoms with E-state index in [1.54, 1.807) is 0 Å². The molecule has 0 amide bonds. The van der Waals surface area contributed by atoms with Gasteiger partial charge in [-0.25, -0.2) is 0 Å². The van der Waals surface area contributed by atoms with Crippen molar-refractivity contribution in [2.75, 3.05) is 24.8 Å². The summed E-state index contributed by atoms with van der Waals surface area (Å²) in [6.45, 7) is -1.81. The second-order valence-electron chi connectivity index (χ2n) is 2.47. The van der Waals surface area contributed by atoms with Gasteiger partial charge in [0.2, 0.25) is 0 Å². The van der Waals surface area contributed by atoms with Crippen molar-refractivity contribution in [3.63, 3.8) is 0 Å². The summed E-state index contributed by atoms with van der Waals surface area (Å²) in [5.41, 5.74) is 0. The molecule has 0 radical (unpaired) electrons. The molecule has 0 atom stereocenters. The fourth-order valence-corrected chi connectivity index (χ4v) is 2.85. The third-order valence-corrected chi connectivity index (χ3v) is 4.71. The molecule has 0 bridgehead atoms. The lowest BCUT2D eigenvalue weighted by Gasteiger charge is -2.14. The highest BCUT2D eigenvalue weighted by atomic mass is 79.9. The van der Waals surface area contributed by atoms with Crippen molar-refractivity contribution in [2.45, 2.75) is 5.25 Å². The van der Waals surface area contributed by atoms with E-state index in [0.29, 0.717) is 7.11 Å². The van der Waals surface area contributed by atoms with E-state index in [-0.39, 0.29) is 5.33 Å². The molecule has 0 unspecified atom stereocenters. The van der Waals surface area contributed by atoms with E-state index < -0.39 is 37.9 Å². The Balaban J connectivity index is 4.65. The van der Waals surface area contributed by atoms with Crippen LogP contribution in [-0.2, 0) is 28.6 Å².